The standard InChI is InChI=1S/C19H22ClFN4O2/c1-11(8-23-10-26)25-18(12-2-3-12)14-5-6-15(20)19(17(14)21)27-13-4-7-16(22)24-9-13/h4-7,9-12,18,25H,2-3,8H2,1H3,(H2,22,24)(H,23,26)/t11-,18-/m1/s1. The molecular formula is C19H22ClFN4O2. The highest BCUT2D eigenvalue weighted by atomic mass is 35.5. The van der Waals surface area contributed by atoms with Gasteiger partial charge < -0.3 is 21.1 Å². The Bertz CT molecular complexity index is 799. The van der Waals surface area contributed by atoms with Gasteiger partial charge in [-0.3, -0.25) is 4.79 Å². The van der Waals surface area contributed by atoms with E-state index in [-0.39, 0.29) is 22.9 Å². The van der Waals surface area contributed by atoms with Crippen LogP contribution in [-0.2, 0) is 4.79 Å². The van der Waals surface area contributed by atoms with Gasteiger partial charge in [0, 0.05) is 24.2 Å². The average molecular weight is 393 g/mol. The van der Waals surface area contributed by atoms with Gasteiger partial charge in [-0.15, -0.1) is 0 Å². The van der Waals surface area contributed by atoms with Crippen LogP contribution in [0.15, 0.2) is 30.5 Å². The fourth-order valence-corrected chi connectivity index (χ4v) is 3.14. The largest absolute Gasteiger partial charge is 0.451 e. The Balaban J connectivity index is 1.85. The Morgan fingerprint density at radius 3 is 2.81 bits per heavy atom. The van der Waals surface area contributed by atoms with Crippen LogP contribution in [0.3, 0.4) is 0 Å². The van der Waals surface area contributed by atoms with Crippen LogP contribution in [-0.4, -0.2) is 24.0 Å². The highest BCUT2D eigenvalue weighted by Crippen LogP contribution is 2.44. The van der Waals surface area contributed by atoms with Crippen molar-refractivity contribution in [1.29, 1.82) is 0 Å². The molecule has 0 bridgehead atoms. The van der Waals surface area contributed by atoms with Crippen LogP contribution in [0.5, 0.6) is 11.5 Å². The number of nitrogen functional groups attached to an aromatic ring is 1. The molecule has 0 unspecified atom stereocenters. The molecule has 1 amide bonds. The number of pyridine rings is 1. The van der Waals surface area contributed by atoms with Crippen molar-refractivity contribution >= 4 is 23.8 Å². The molecule has 27 heavy (non-hydrogen) atoms. The number of carbonyl (C=O) groups excluding carboxylic acids is 1. The van der Waals surface area contributed by atoms with Gasteiger partial charge in [0.2, 0.25) is 6.41 Å². The Morgan fingerprint density at radius 1 is 1.41 bits per heavy atom. The summed E-state index contributed by atoms with van der Waals surface area (Å²) in [5, 5.41) is 6.22. The van der Waals surface area contributed by atoms with Crippen molar-refractivity contribution in [3.05, 3.63) is 46.9 Å². The molecule has 1 aliphatic carbocycles. The SMILES string of the molecule is C[C@H](CNC=O)N[C@@H](c1ccc(Cl)c(Oc2ccc(N)nc2)c1F)C1CC1. The summed E-state index contributed by atoms with van der Waals surface area (Å²) in [7, 11) is 0. The van der Waals surface area contributed by atoms with Gasteiger partial charge in [-0.1, -0.05) is 17.7 Å². The van der Waals surface area contributed by atoms with Crippen molar-refractivity contribution < 1.29 is 13.9 Å². The molecule has 1 aliphatic rings. The van der Waals surface area contributed by atoms with Gasteiger partial charge >= 0.3 is 0 Å². The summed E-state index contributed by atoms with van der Waals surface area (Å²) in [5.74, 6) is 0.497. The summed E-state index contributed by atoms with van der Waals surface area (Å²) >= 11 is 6.18. The number of amides is 1. The number of hydrogen-bond donors (Lipinski definition) is 3. The Kier molecular flexibility index (Phi) is 6.13. The molecule has 144 valence electrons. The van der Waals surface area contributed by atoms with Gasteiger partial charge in [-0.25, -0.2) is 9.37 Å². The van der Waals surface area contributed by atoms with Crippen LogP contribution in [0.1, 0.15) is 31.4 Å². The first-order chi connectivity index (χ1) is 13.0. The lowest BCUT2D eigenvalue weighted by Crippen LogP contribution is -2.39. The number of aromatic nitrogens is 1. The second-order valence-electron chi connectivity index (χ2n) is 6.71. The number of rotatable bonds is 9. The fraction of sp³-hybridized carbons (Fsp3) is 0.368. The molecule has 1 saturated carbocycles. The molecule has 0 radical (unpaired) electrons. The van der Waals surface area contributed by atoms with Gasteiger partial charge in [-0.05, 0) is 43.9 Å². The topological polar surface area (TPSA) is 89.3 Å². The molecule has 3 rings (SSSR count). The lowest BCUT2D eigenvalue weighted by molar-refractivity contribution is -0.109. The molecule has 2 atom stereocenters. The van der Waals surface area contributed by atoms with E-state index in [9.17, 15) is 4.79 Å². The summed E-state index contributed by atoms with van der Waals surface area (Å²) in [6, 6.07) is 6.29. The predicted molar refractivity (Wildman–Crippen MR) is 102 cm³/mol. The van der Waals surface area contributed by atoms with Crippen LogP contribution in [0.25, 0.3) is 0 Å². The van der Waals surface area contributed by atoms with Crippen molar-refractivity contribution in [2.75, 3.05) is 12.3 Å². The third kappa shape index (κ3) is 4.87. The van der Waals surface area contributed by atoms with E-state index in [2.05, 4.69) is 15.6 Å². The van der Waals surface area contributed by atoms with E-state index in [4.69, 9.17) is 22.1 Å². The minimum atomic E-state index is -0.501. The van der Waals surface area contributed by atoms with Crippen LogP contribution < -0.4 is 21.1 Å². The van der Waals surface area contributed by atoms with Crippen molar-refractivity contribution in [1.82, 2.24) is 15.6 Å². The lowest BCUT2D eigenvalue weighted by Gasteiger charge is -2.25. The molecular weight excluding hydrogens is 371 g/mol. The maximum Gasteiger partial charge on any atom is 0.207 e. The summed E-state index contributed by atoms with van der Waals surface area (Å²) in [4.78, 5) is 14.4. The molecule has 0 saturated heterocycles. The zero-order valence-corrected chi connectivity index (χ0v) is 15.7. The van der Waals surface area contributed by atoms with Crippen molar-refractivity contribution in [2.45, 2.75) is 31.8 Å². The number of halogens is 2. The van der Waals surface area contributed by atoms with Crippen LogP contribution in [0.2, 0.25) is 5.02 Å². The fourth-order valence-electron chi connectivity index (χ4n) is 2.95. The second-order valence-corrected chi connectivity index (χ2v) is 7.12. The molecule has 1 aromatic heterocycles. The van der Waals surface area contributed by atoms with E-state index in [0.717, 1.165) is 12.8 Å². The van der Waals surface area contributed by atoms with E-state index in [0.29, 0.717) is 36.0 Å². The summed E-state index contributed by atoms with van der Waals surface area (Å²) in [5.41, 5.74) is 6.06. The average Bonchev–Trinajstić information content (AvgIpc) is 3.48. The monoisotopic (exact) mass is 392 g/mol. The highest BCUT2D eigenvalue weighted by Gasteiger charge is 2.35. The highest BCUT2D eigenvalue weighted by molar-refractivity contribution is 6.32. The van der Waals surface area contributed by atoms with Crippen LogP contribution >= 0.6 is 11.6 Å². The summed E-state index contributed by atoms with van der Waals surface area (Å²) in [6.07, 6.45) is 4.11. The summed E-state index contributed by atoms with van der Waals surface area (Å²) < 4.78 is 20.9. The number of carbonyl (C=O) groups is 1. The maximum absolute atomic E-state index is 15.3. The first-order valence-electron chi connectivity index (χ1n) is 8.80. The molecule has 6 nitrogen and oxygen atoms in total. The Labute approximate surface area is 162 Å². The van der Waals surface area contributed by atoms with Gasteiger partial charge in [-0.2, -0.15) is 0 Å². The first-order valence-corrected chi connectivity index (χ1v) is 9.17. The number of nitrogens with one attached hydrogen (secondary N) is 2. The number of benzene rings is 1. The number of anilines is 1. The predicted octanol–water partition coefficient (Wildman–Crippen LogP) is 3.42. The number of nitrogens with two attached hydrogens (primary N) is 1. The summed E-state index contributed by atoms with van der Waals surface area (Å²) in [6.45, 7) is 2.40. The van der Waals surface area contributed by atoms with E-state index >= 15 is 4.39 Å². The van der Waals surface area contributed by atoms with Crippen molar-refractivity contribution in [3.63, 3.8) is 0 Å². The third-order valence-electron chi connectivity index (χ3n) is 4.46. The molecule has 0 aliphatic heterocycles. The lowest BCUT2D eigenvalue weighted by atomic mass is 10.00. The van der Waals surface area contributed by atoms with Gasteiger partial charge in [0.1, 0.15) is 11.6 Å². The Morgan fingerprint density at radius 2 is 2.19 bits per heavy atom. The molecule has 0 spiro atoms. The van der Waals surface area contributed by atoms with Crippen LogP contribution in [0.4, 0.5) is 10.2 Å². The van der Waals surface area contributed by atoms with Gasteiger partial charge in [0.25, 0.3) is 0 Å². The molecule has 1 heterocycles. The van der Waals surface area contributed by atoms with Crippen LogP contribution in [0, 0.1) is 11.7 Å². The molecule has 2 aromatic rings. The van der Waals surface area contributed by atoms with Gasteiger partial charge in [0.05, 0.1) is 11.2 Å². The van der Waals surface area contributed by atoms with E-state index in [1.165, 1.54) is 6.20 Å². The van der Waals surface area contributed by atoms with E-state index < -0.39 is 5.82 Å². The zero-order chi connectivity index (χ0) is 19.4. The molecule has 1 aromatic carbocycles. The van der Waals surface area contributed by atoms with E-state index in [1.54, 1.807) is 24.3 Å². The number of ether oxygens (including phenoxy) is 1. The van der Waals surface area contributed by atoms with Crippen molar-refractivity contribution in [2.24, 2.45) is 5.92 Å². The quantitative estimate of drug-likeness (QED) is 0.569. The minimum absolute atomic E-state index is 0.0125. The van der Waals surface area contributed by atoms with Crippen molar-refractivity contribution in [3.8, 4) is 11.5 Å². The Hall–Kier alpha value is -2.38. The molecule has 8 heteroatoms. The molecule has 1 fully saturated rings. The first kappa shape index (κ1) is 19.4. The number of hydrogen-bond acceptors (Lipinski definition) is 5. The number of nitrogens with zero attached hydrogens (tertiary/aromatic N) is 1. The zero-order valence-electron chi connectivity index (χ0n) is 14.9. The van der Waals surface area contributed by atoms with E-state index in [1.807, 2.05) is 6.92 Å². The maximum atomic E-state index is 15.3. The second kappa shape index (κ2) is 8.54. The van der Waals surface area contributed by atoms with Gasteiger partial charge in [0.15, 0.2) is 11.6 Å². The third-order valence-corrected chi connectivity index (χ3v) is 4.76. The minimum Gasteiger partial charge on any atom is -0.451 e. The normalized spacial score (nSPS) is 15.8. The molecule has 4 N–H and O–H groups in total. The smallest absolute Gasteiger partial charge is 0.207 e.